The molecule has 0 aliphatic rings. The maximum Gasteiger partial charge on any atom is 0.251 e. The molecule has 2 aromatic carbocycles. The van der Waals surface area contributed by atoms with Crippen LogP contribution < -0.4 is 10.6 Å². The van der Waals surface area contributed by atoms with Gasteiger partial charge < -0.3 is 10.6 Å². The van der Waals surface area contributed by atoms with E-state index in [2.05, 4.69) is 15.6 Å². The maximum absolute atomic E-state index is 13.7. The second-order valence-corrected chi connectivity index (χ2v) is 5.67. The van der Waals surface area contributed by atoms with Crippen molar-refractivity contribution in [3.05, 3.63) is 89.6 Å². The smallest absolute Gasteiger partial charge is 0.251 e. The Balaban J connectivity index is 1.59. The number of nitrogens with one attached hydrogen (secondary N) is 2. The number of anilines is 2. The van der Waals surface area contributed by atoms with Gasteiger partial charge in [0.05, 0.1) is 5.69 Å². The van der Waals surface area contributed by atoms with Crippen molar-refractivity contribution < 1.29 is 13.6 Å². The van der Waals surface area contributed by atoms with Crippen molar-refractivity contribution in [3.63, 3.8) is 0 Å². The number of nitrogens with zero attached hydrogens (tertiary/aromatic N) is 1. The molecule has 132 valence electrons. The Labute approximate surface area is 149 Å². The van der Waals surface area contributed by atoms with Crippen LogP contribution in [0.1, 0.15) is 15.9 Å². The summed E-state index contributed by atoms with van der Waals surface area (Å²) in [6.45, 7) is 0.420. The summed E-state index contributed by atoms with van der Waals surface area (Å²) in [5, 5.41) is 5.66. The standard InChI is InChI=1S/C20H17F2N3O/c21-16-7-5-14(6-8-16)9-11-24-20(26)15-10-12-23-19(13-15)25-18-4-2-1-3-17(18)22/h1-8,10,12-13H,9,11H2,(H,23,25)(H,24,26). The summed E-state index contributed by atoms with van der Waals surface area (Å²) in [5.41, 5.74) is 1.63. The number of rotatable bonds is 6. The van der Waals surface area contributed by atoms with E-state index in [1.807, 2.05) is 0 Å². The predicted molar refractivity (Wildman–Crippen MR) is 96.4 cm³/mol. The van der Waals surface area contributed by atoms with Gasteiger partial charge in [0, 0.05) is 18.3 Å². The zero-order valence-electron chi connectivity index (χ0n) is 13.9. The molecule has 0 bridgehead atoms. The Morgan fingerprint density at radius 2 is 1.77 bits per heavy atom. The van der Waals surface area contributed by atoms with Crippen LogP contribution in [-0.4, -0.2) is 17.4 Å². The fourth-order valence-electron chi connectivity index (χ4n) is 2.41. The zero-order valence-corrected chi connectivity index (χ0v) is 13.9. The van der Waals surface area contributed by atoms with Gasteiger partial charge in [0.15, 0.2) is 0 Å². The molecule has 0 spiro atoms. The molecule has 0 aliphatic heterocycles. The lowest BCUT2D eigenvalue weighted by atomic mass is 10.1. The Morgan fingerprint density at radius 3 is 2.54 bits per heavy atom. The number of hydrogen-bond acceptors (Lipinski definition) is 3. The number of amides is 1. The van der Waals surface area contributed by atoms with E-state index in [0.29, 0.717) is 24.3 Å². The lowest BCUT2D eigenvalue weighted by molar-refractivity contribution is 0.0954. The molecule has 6 heteroatoms. The van der Waals surface area contributed by atoms with Crippen molar-refractivity contribution in [1.82, 2.24) is 10.3 Å². The first-order valence-corrected chi connectivity index (χ1v) is 8.12. The van der Waals surface area contributed by atoms with E-state index in [0.717, 1.165) is 5.56 Å². The minimum Gasteiger partial charge on any atom is -0.352 e. The molecule has 26 heavy (non-hydrogen) atoms. The van der Waals surface area contributed by atoms with Gasteiger partial charge in [-0.15, -0.1) is 0 Å². The van der Waals surface area contributed by atoms with E-state index in [1.165, 1.54) is 24.4 Å². The minimum atomic E-state index is -0.400. The van der Waals surface area contributed by atoms with Crippen LogP contribution in [-0.2, 0) is 6.42 Å². The Hall–Kier alpha value is -3.28. The second-order valence-electron chi connectivity index (χ2n) is 5.67. The molecule has 0 atom stereocenters. The molecule has 3 rings (SSSR count). The number of aromatic nitrogens is 1. The molecule has 3 aromatic rings. The summed E-state index contributed by atoms with van der Waals surface area (Å²) in [4.78, 5) is 16.4. The number of carbonyl (C=O) groups is 1. The van der Waals surface area contributed by atoms with Gasteiger partial charge in [0.1, 0.15) is 17.5 Å². The third kappa shape index (κ3) is 4.63. The molecule has 0 saturated heterocycles. The largest absolute Gasteiger partial charge is 0.352 e. The highest BCUT2D eigenvalue weighted by molar-refractivity contribution is 5.94. The van der Waals surface area contributed by atoms with Crippen molar-refractivity contribution in [2.24, 2.45) is 0 Å². The fraction of sp³-hybridized carbons (Fsp3) is 0.100. The van der Waals surface area contributed by atoms with Crippen molar-refractivity contribution >= 4 is 17.4 Å². The van der Waals surface area contributed by atoms with Crippen LogP contribution in [0.25, 0.3) is 0 Å². The topological polar surface area (TPSA) is 54.0 Å². The second kappa shape index (κ2) is 8.20. The SMILES string of the molecule is O=C(NCCc1ccc(F)cc1)c1ccnc(Nc2ccccc2F)c1. The molecular formula is C20H17F2N3O. The highest BCUT2D eigenvalue weighted by Gasteiger charge is 2.08. The fourth-order valence-corrected chi connectivity index (χ4v) is 2.41. The highest BCUT2D eigenvalue weighted by atomic mass is 19.1. The molecule has 2 N–H and O–H groups in total. The van der Waals surface area contributed by atoms with E-state index < -0.39 is 5.82 Å². The first-order chi connectivity index (χ1) is 12.6. The normalized spacial score (nSPS) is 10.4. The number of halogens is 2. The number of pyridine rings is 1. The van der Waals surface area contributed by atoms with E-state index in [-0.39, 0.29) is 17.4 Å². The summed E-state index contributed by atoms with van der Waals surface area (Å²) in [5.74, 6) is -0.569. The molecule has 0 fully saturated rings. The number of benzene rings is 2. The summed E-state index contributed by atoms with van der Waals surface area (Å²) in [6, 6.07) is 15.5. The first-order valence-electron chi connectivity index (χ1n) is 8.12. The van der Waals surface area contributed by atoms with Gasteiger partial charge in [-0.1, -0.05) is 24.3 Å². The van der Waals surface area contributed by atoms with Crippen LogP contribution >= 0.6 is 0 Å². The van der Waals surface area contributed by atoms with E-state index >= 15 is 0 Å². The van der Waals surface area contributed by atoms with E-state index in [9.17, 15) is 13.6 Å². The van der Waals surface area contributed by atoms with Crippen LogP contribution in [0, 0.1) is 11.6 Å². The van der Waals surface area contributed by atoms with Gasteiger partial charge in [-0.3, -0.25) is 4.79 Å². The van der Waals surface area contributed by atoms with Crippen LogP contribution in [0.2, 0.25) is 0 Å². The van der Waals surface area contributed by atoms with Gasteiger partial charge >= 0.3 is 0 Å². The molecule has 1 heterocycles. The summed E-state index contributed by atoms with van der Waals surface area (Å²) in [7, 11) is 0. The Kier molecular flexibility index (Phi) is 5.53. The zero-order chi connectivity index (χ0) is 18.4. The summed E-state index contributed by atoms with van der Waals surface area (Å²) < 4.78 is 26.6. The predicted octanol–water partition coefficient (Wildman–Crippen LogP) is 4.08. The van der Waals surface area contributed by atoms with Crippen LogP contribution in [0.4, 0.5) is 20.3 Å². The summed E-state index contributed by atoms with van der Waals surface area (Å²) >= 11 is 0. The van der Waals surface area contributed by atoms with Crippen molar-refractivity contribution in [2.75, 3.05) is 11.9 Å². The van der Waals surface area contributed by atoms with Gasteiger partial charge in [-0.25, -0.2) is 13.8 Å². The maximum atomic E-state index is 13.7. The van der Waals surface area contributed by atoms with E-state index in [1.54, 1.807) is 42.5 Å². The molecule has 0 radical (unpaired) electrons. The van der Waals surface area contributed by atoms with Crippen molar-refractivity contribution in [3.8, 4) is 0 Å². The van der Waals surface area contributed by atoms with Crippen molar-refractivity contribution in [2.45, 2.75) is 6.42 Å². The van der Waals surface area contributed by atoms with Gasteiger partial charge in [-0.2, -0.15) is 0 Å². The highest BCUT2D eigenvalue weighted by Crippen LogP contribution is 2.18. The minimum absolute atomic E-state index is 0.258. The van der Waals surface area contributed by atoms with Crippen LogP contribution in [0.15, 0.2) is 66.9 Å². The average molecular weight is 353 g/mol. The van der Waals surface area contributed by atoms with Gasteiger partial charge in [-0.05, 0) is 48.4 Å². The molecule has 1 amide bonds. The van der Waals surface area contributed by atoms with E-state index in [4.69, 9.17) is 0 Å². The third-order valence-corrected chi connectivity index (χ3v) is 3.77. The number of para-hydroxylation sites is 1. The quantitative estimate of drug-likeness (QED) is 0.702. The lowest BCUT2D eigenvalue weighted by Gasteiger charge is -2.09. The molecular weight excluding hydrogens is 336 g/mol. The van der Waals surface area contributed by atoms with Crippen LogP contribution in [0.5, 0.6) is 0 Å². The molecule has 1 aromatic heterocycles. The number of hydrogen-bond donors (Lipinski definition) is 2. The molecule has 0 unspecified atom stereocenters. The van der Waals surface area contributed by atoms with Crippen molar-refractivity contribution in [1.29, 1.82) is 0 Å². The Morgan fingerprint density at radius 1 is 1.00 bits per heavy atom. The Bertz CT molecular complexity index is 898. The third-order valence-electron chi connectivity index (χ3n) is 3.77. The van der Waals surface area contributed by atoms with Gasteiger partial charge in [0.25, 0.3) is 5.91 Å². The van der Waals surface area contributed by atoms with Gasteiger partial charge in [0.2, 0.25) is 0 Å². The number of carbonyl (C=O) groups excluding carboxylic acids is 1. The summed E-state index contributed by atoms with van der Waals surface area (Å²) in [6.07, 6.45) is 2.08. The molecule has 0 aliphatic carbocycles. The average Bonchev–Trinajstić information content (AvgIpc) is 2.65. The molecule has 4 nitrogen and oxygen atoms in total. The first kappa shape index (κ1) is 17.5. The molecule has 0 saturated carbocycles. The lowest BCUT2D eigenvalue weighted by Crippen LogP contribution is -2.25. The monoisotopic (exact) mass is 353 g/mol. The van der Waals surface area contributed by atoms with Crippen LogP contribution in [0.3, 0.4) is 0 Å².